The first kappa shape index (κ1) is 21.4. The van der Waals surface area contributed by atoms with Gasteiger partial charge in [-0.3, -0.25) is 9.48 Å². The number of hydrogen-bond donors (Lipinski definition) is 1. The molecule has 1 atom stereocenters. The molecule has 164 valence electrons. The van der Waals surface area contributed by atoms with Crippen LogP contribution in [0.4, 0.5) is 5.69 Å². The van der Waals surface area contributed by atoms with E-state index in [9.17, 15) is 9.90 Å². The van der Waals surface area contributed by atoms with Crippen molar-refractivity contribution in [2.45, 2.75) is 45.7 Å². The molecular weight excluding hydrogens is 388 g/mol. The summed E-state index contributed by atoms with van der Waals surface area (Å²) in [6.45, 7) is 8.12. The number of rotatable bonds is 6. The summed E-state index contributed by atoms with van der Waals surface area (Å²) in [6.07, 6.45) is 1.69. The summed E-state index contributed by atoms with van der Waals surface area (Å²) >= 11 is 0. The summed E-state index contributed by atoms with van der Waals surface area (Å²) < 4.78 is 2.12. The van der Waals surface area contributed by atoms with Gasteiger partial charge in [0, 0.05) is 36.7 Å². The van der Waals surface area contributed by atoms with Crippen molar-refractivity contribution in [3.8, 4) is 0 Å². The first-order chi connectivity index (χ1) is 15.0. The first-order valence-corrected chi connectivity index (χ1v) is 11.2. The average Bonchev–Trinajstić information content (AvgIpc) is 3.17. The van der Waals surface area contributed by atoms with Gasteiger partial charge in [0.2, 0.25) is 5.91 Å². The van der Waals surface area contributed by atoms with E-state index in [2.05, 4.69) is 60.7 Å². The van der Waals surface area contributed by atoms with Gasteiger partial charge in [0.15, 0.2) is 0 Å². The maximum atomic E-state index is 12.4. The van der Waals surface area contributed by atoms with Crippen LogP contribution >= 0.6 is 0 Å². The predicted octanol–water partition coefficient (Wildman–Crippen LogP) is 3.43. The van der Waals surface area contributed by atoms with Gasteiger partial charge < -0.3 is 14.9 Å². The molecule has 0 bridgehead atoms. The van der Waals surface area contributed by atoms with Crippen LogP contribution in [-0.2, 0) is 17.6 Å². The molecule has 1 aliphatic rings. The SMILES string of the molecule is CCc1nn(C(C)C)c2cc(N3CCN(C(=O)CO)[C@@H](Cc4ccccc4)C3)ccc12. The standard InChI is InChI=1S/C25H32N4O2/c1-4-23-22-11-10-20(15-24(22)29(26-23)18(2)3)27-12-13-28(25(31)17-30)21(16-27)14-19-8-6-5-7-9-19/h5-11,15,18,21,30H,4,12-14,16-17H2,1-3H3/t21-/m0/s1. The lowest BCUT2D eigenvalue weighted by Crippen LogP contribution is -2.56. The molecule has 1 aromatic heterocycles. The molecule has 0 aliphatic carbocycles. The van der Waals surface area contributed by atoms with Gasteiger partial charge in [-0.1, -0.05) is 37.3 Å². The van der Waals surface area contributed by atoms with E-state index < -0.39 is 6.61 Å². The van der Waals surface area contributed by atoms with E-state index in [0.717, 1.165) is 42.8 Å². The molecule has 2 heterocycles. The number of aliphatic hydroxyl groups excluding tert-OH is 1. The Labute approximate surface area is 184 Å². The van der Waals surface area contributed by atoms with Gasteiger partial charge in [0.25, 0.3) is 0 Å². The number of aliphatic hydroxyl groups is 1. The number of benzene rings is 2. The molecule has 4 rings (SSSR count). The van der Waals surface area contributed by atoms with E-state index in [1.165, 1.54) is 10.9 Å². The number of hydrogen-bond acceptors (Lipinski definition) is 4. The van der Waals surface area contributed by atoms with Crippen molar-refractivity contribution >= 4 is 22.5 Å². The second kappa shape index (κ2) is 9.10. The molecular formula is C25H32N4O2. The van der Waals surface area contributed by atoms with Crippen molar-refractivity contribution in [3.63, 3.8) is 0 Å². The van der Waals surface area contributed by atoms with Crippen molar-refractivity contribution in [2.75, 3.05) is 31.1 Å². The quantitative estimate of drug-likeness (QED) is 0.664. The fraction of sp³-hybridized carbons (Fsp3) is 0.440. The molecule has 1 aliphatic heterocycles. The smallest absolute Gasteiger partial charge is 0.248 e. The summed E-state index contributed by atoms with van der Waals surface area (Å²) in [7, 11) is 0. The summed E-state index contributed by atoms with van der Waals surface area (Å²) in [6, 6.07) is 17.2. The summed E-state index contributed by atoms with van der Waals surface area (Å²) in [4.78, 5) is 16.6. The molecule has 1 saturated heterocycles. The Bertz CT molecular complexity index is 1040. The molecule has 1 amide bonds. The van der Waals surface area contributed by atoms with E-state index in [1.54, 1.807) is 0 Å². The Kier molecular flexibility index (Phi) is 6.28. The topological polar surface area (TPSA) is 61.6 Å². The van der Waals surface area contributed by atoms with Crippen LogP contribution in [0.2, 0.25) is 0 Å². The van der Waals surface area contributed by atoms with E-state index in [1.807, 2.05) is 23.1 Å². The lowest BCUT2D eigenvalue weighted by atomic mass is 10.0. The zero-order chi connectivity index (χ0) is 22.0. The summed E-state index contributed by atoms with van der Waals surface area (Å²) in [5.41, 5.74) is 4.66. The lowest BCUT2D eigenvalue weighted by molar-refractivity contribution is -0.136. The third kappa shape index (κ3) is 4.30. The van der Waals surface area contributed by atoms with Gasteiger partial charge in [0.1, 0.15) is 6.61 Å². The number of carbonyl (C=O) groups is 1. The number of amides is 1. The minimum atomic E-state index is -0.440. The van der Waals surface area contributed by atoms with Gasteiger partial charge in [-0.25, -0.2) is 0 Å². The van der Waals surface area contributed by atoms with E-state index in [-0.39, 0.29) is 11.9 Å². The van der Waals surface area contributed by atoms with Crippen LogP contribution in [0.1, 0.15) is 38.1 Å². The average molecular weight is 421 g/mol. The normalized spacial score (nSPS) is 17.0. The van der Waals surface area contributed by atoms with E-state index >= 15 is 0 Å². The molecule has 1 N–H and O–H groups in total. The summed E-state index contributed by atoms with van der Waals surface area (Å²) in [5, 5.41) is 15.5. The van der Waals surface area contributed by atoms with E-state index in [4.69, 9.17) is 5.10 Å². The highest BCUT2D eigenvalue weighted by Crippen LogP contribution is 2.29. The molecule has 0 spiro atoms. The second-order valence-electron chi connectivity index (χ2n) is 8.57. The van der Waals surface area contributed by atoms with Crippen LogP contribution in [0.25, 0.3) is 10.9 Å². The molecule has 6 nitrogen and oxygen atoms in total. The van der Waals surface area contributed by atoms with Crippen LogP contribution in [0, 0.1) is 0 Å². The molecule has 0 radical (unpaired) electrons. The fourth-order valence-electron chi connectivity index (χ4n) is 4.61. The highest BCUT2D eigenvalue weighted by molar-refractivity contribution is 5.86. The Morgan fingerprint density at radius 2 is 1.94 bits per heavy atom. The highest BCUT2D eigenvalue weighted by atomic mass is 16.3. The first-order valence-electron chi connectivity index (χ1n) is 11.2. The minimum Gasteiger partial charge on any atom is -0.387 e. The number of carbonyl (C=O) groups excluding carboxylic acids is 1. The van der Waals surface area contributed by atoms with Crippen molar-refractivity contribution in [2.24, 2.45) is 0 Å². The Balaban J connectivity index is 1.64. The maximum Gasteiger partial charge on any atom is 0.248 e. The van der Waals surface area contributed by atoms with Gasteiger partial charge in [-0.2, -0.15) is 5.10 Å². The van der Waals surface area contributed by atoms with Crippen molar-refractivity contribution in [1.29, 1.82) is 0 Å². The number of aryl methyl sites for hydroxylation is 1. The number of aromatic nitrogens is 2. The number of fused-ring (bicyclic) bond motifs is 1. The van der Waals surface area contributed by atoms with Crippen LogP contribution in [0.3, 0.4) is 0 Å². The molecule has 1 fully saturated rings. The zero-order valence-corrected chi connectivity index (χ0v) is 18.7. The van der Waals surface area contributed by atoms with Crippen molar-refractivity contribution in [3.05, 3.63) is 59.8 Å². The molecule has 3 aromatic rings. The maximum absolute atomic E-state index is 12.4. The van der Waals surface area contributed by atoms with Gasteiger partial charge in [0.05, 0.1) is 17.3 Å². The van der Waals surface area contributed by atoms with Gasteiger partial charge in [-0.15, -0.1) is 0 Å². The van der Waals surface area contributed by atoms with Gasteiger partial charge in [-0.05, 0) is 50.5 Å². The zero-order valence-electron chi connectivity index (χ0n) is 18.7. The number of anilines is 1. The summed E-state index contributed by atoms with van der Waals surface area (Å²) in [5.74, 6) is -0.193. The molecule has 6 heteroatoms. The lowest BCUT2D eigenvalue weighted by Gasteiger charge is -2.42. The molecule has 2 aromatic carbocycles. The Hall–Kier alpha value is -2.86. The third-order valence-corrected chi connectivity index (χ3v) is 6.21. The van der Waals surface area contributed by atoms with Crippen LogP contribution in [0.5, 0.6) is 0 Å². The number of nitrogens with zero attached hydrogens (tertiary/aromatic N) is 4. The predicted molar refractivity (Wildman–Crippen MR) is 124 cm³/mol. The fourth-order valence-corrected chi connectivity index (χ4v) is 4.61. The highest BCUT2D eigenvalue weighted by Gasteiger charge is 2.30. The largest absolute Gasteiger partial charge is 0.387 e. The minimum absolute atomic E-state index is 0.0210. The molecule has 0 unspecified atom stereocenters. The van der Waals surface area contributed by atoms with Gasteiger partial charge >= 0.3 is 0 Å². The van der Waals surface area contributed by atoms with Crippen molar-refractivity contribution in [1.82, 2.24) is 14.7 Å². The number of piperazine rings is 1. The molecule has 31 heavy (non-hydrogen) atoms. The van der Waals surface area contributed by atoms with Crippen LogP contribution < -0.4 is 4.90 Å². The van der Waals surface area contributed by atoms with Crippen LogP contribution in [-0.4, -0.2) is 58.0 Å². The van der Waals surface area contributed by atoms with Crippen LogP contribution in [0.15, 0.2) is 48.5 Å². The Morgan fingerprint density at radius 3 is 2.61 bits per heavy atom. The Morgan fingerprint density at radius 1 is 1.16 bits per heavy atom. The second-order valence-corrected chi connectivity index (χ2v) is 8.57. The monoisotopic (exact) mass is 420 g/mol. The third-order valence-electron chi connectivity index (χ3n) is 6.21. The van der Waals surface area contributed by atoms with E-state index in [0.29, 0.717) is 12.6 Å². The molecule has 0 saturated carbocycles. The van der Waals surface area contributed by atoms with Crippen molar-refractivity contribution < 1.29 is 9.90 Å².